The van der Waals surface area contributed by atoms with E-state index in [9.17, 15) is 8.42 Å². The van der Waals surface area contributed by atoms with E-state index >= 15 is 0 Å². The van der Waals surface area contributed by atoms with Crippen LogP contribution in [0.15, 0.2) is 22.9 Å². The SMILES string of the molecule is CC(c1noc(-c2ccc(CN)cn2)n1)S(C)(=O)=O. The van der Waals surface area contributed by atoms with E-state index in [1.807, 2.05) is 0 Å². The van der Waals surface area contributed by atoms with Crippen molar-refractivity contribution in [1.29, 1.82) is 0 Å². The summed E-state index contributed by atoms with van der Waals surface area (Å²) in [6, 6.07) is 3.50. The summed E-state index contributed by atoms with van der Waals surface area (Å²) in [6.07, 6.45) is 2.74. The number of sulfone groups is 1. The molecule has 0 saturated carbocycles. The Morgan fingerprint density at radius 2 is 2.16 bits per heavy atom. The van der Waals surface area contributed by atoms with Crippen LogP contribution >= 0.6 is 0 Å². The summed E-state index contributed by atoms with van der Waals surface area (Å²) >= 11 is 0. The summed E-state index contributed by atoms with van der Waals surface area (Å²) in [6.45, 7) is 1.91. The molecule has 0 aromatic carbocycles. The molecule has 2 aromatic heterocycles. The van der Waals surface area contributed by atoms with Gasteiger partial charge in [-0.15, -0.1) is 0 Å². The van der Waals surface area contributed by atoms with Crippen molar-refractivity contribution in [3.8, 4) is 11.6 Å². The Kier molecular flexibility index (Phi) is 3.63. The number of nitrogens with zero attached hydrogens (tertiary/aromatic N) is 3. The van der Waals surface area contributed by atoms with Gasteiger partial charge in [0.05, 0.1) is 0 Å². The van der Waals surface area contributed by atoms with E-state index in [-0.39, 0.29) is 11.7 Å². The first-order chi connectivity index (χ1) is 8.91. The quantitative estimate of drug-likeness (QED) is 0.878. The molecule has 0 bridgehead atoms. The highest BCUT2D eigenvalue weighted by molar-refractivity contribution is 7.90. The standard InChI is InChI=1S/C11H14N4O3S/c1-7(19(2,16)17)10-14-11(18-15-10)9-4-3-8(5-12)6-13-9/h3-4,6-7H,5,12H2,1-2H3. The smallest absolute Gasteiger partial charge is 0.276 e. The van der Waals surface area contributed by atoms with Gasteiger partial charge in [-0.25, -0.2) is 8.42 Å². The monoisotopic (exact) mass is 282 g/mol. The Bertz CT molecular complexity index is 664. The van der Waals surface area contributed by atoms with Crippen LogP contribution in [0, 0.1) is 0 Å². The van der Waals surface area contributed by atoms with Gasteiger partial charge in [0.25, 0.3) is 5.89 Å². The fourth-order valence-electron chi connectivity index (χ4n) is 1.37. The lowest BCUT2D eigenvalue weighted by molar-refractivity contribution is 0.420. The number of hydrogen-bond donors (Lipinski definition) is 1. The van der Waals surface area contributed by atoms with Crippen molar-refractivity contribution in [3.05, 3.63) is 29.7 Å². The van der Waals surface area contributed by atoms with Crippen LogP contribution < -0.4 is 5.73 Å². The first kappa shape index (κ1) is 13.6. The Morgan fingerprint density at radius 1 is 1.42 bits per heavy atom. The molecule has 1 unspecified atom stereocenters. The highest BCUT2D eigenvalue weighted by Crippen LogP contribution is 2.21. The zero-order chi connectivity index (χ0) is 14.0. The Balaban J connectivity index is 2.30. The first-order valence-corrected chi connectivity index (χ1v) is 7.55. The molecule has 0 aliphatic carbocycles. The maximum atomic E-state index is 11.4. The van der Waals surface area contributed by atoms with E-state index in [0.29, 0.717) is 12.2 Å². The third-order valence-corrected chi connectivity index (χ3v) is 4.22. The normalized spacial score (nSPS) is 13.4. The van der Waals surface area contributed by atoms with Crippen LogP contribution in [0.25, 0.3) is 11.6 Å². The first-order valence-electron chi connectivity index (χ1n) is 5.59. The second-order valence-electron chi connectivity index (χ2n) is 4.19. The molecule has 0 aliphatic rings. The van der Waals surface area contributed by atoms with Crippen molar-refractivity contribution in [2.45, 2.75) is 18.7 Å². The van der Waals surface area contributed by atoms with Crippen molar-refractivity contribution < 1.29 is 12.9 Å². The fraction of sp³-hybridized carbons (Fsp3) is 0.364. The molecule has 7 nitrogen and oxygen atoms in total. The van der Waals surface area contributed by atoms with Crippen molar-refractivity contribution >= 4 is 9.84 Å². The molecule has 19 heavy (non-hydrogen) atoms. The predicted octanol–water partition coefficient (Wildman–Crippen LogP) is 0.696. The molecule has 2 aromatic rings. The molecule has 0 amide bonds. The fourth-order valence-corrected chi connectivity index (χ4v) is 1.85. The topological polar surface area (TPSA) is 112 Å². The molecule has 0 radical (unpaired) electrons. The van der Waals surface area contributed by atoms with Crippen molar-refractivity contribution in [3.63, 3.8) is 0 Å². The Morgan fingerprint density at radius 3 is 2.68 bits per heavy atom. The average Bonchev–Trinajstić information content (AvgIpc) is 2.86. The molecule has 1 atom stereocenters. The number of hydrogen-bond acceptors (Lipinski definition) is 7. The third kappa shape index (κ3) is 2.96. The lowest BCUT2D eigenvalue weighted by Gasteiger charge is -2.01. The van der Waals surface area contributed by atoms with E-state index in [0.717, 1.165) is 11.8 Å². The molecular weight excluding hydrogens is 268 g/mol. The van der Waals surface area contributed by atoms with Crippen molar-refractivity contribution in [2.75, 3.05) is 6.26 Å². The number of nitrogens with two attached hydrogens (primary N) is 1. The molecule has 102 valence electrons. The minimum absolute atomic E-state index is 0.127. The summed E-state index contributed by atoms with van der Waals surface area (Å²) in [5.74, 6) is 0.316. The highest BCUT2D eigenvalue weighted by Gasteiger charge is 2.23. The van der Waals surface area contributed by atoms with Crippen LogP contribution in [0.5, 0.6) is 0 Å². The Hall–Kier alpha value is -1.80. The average molecular weight is 282 g/mol. The molecular formula is C11H14N4O3S. The van der Waals surface area contributed by atoms with Crippen LogP contribution in [0.2, 0.25) is 0 Å². The summed E-state index contributed by atoms with van der Waals surface area (Å²) in [4.78, 5) is 8.18. The molecule has 0 saturated heterocycles. The number of rotatable bonds is 4. The number of aromatic nitrogens is 3. The second-order valence-corrected chi connectivity index (χ2v) is 6.55. The molecule has 0 fully saturated rings. The van der Waals surface area contributed by atoms with E-state index < -0.39 is 15.1 Å². The second kappa shape index (κ2) is 5.06. The van der Waals surface area contributed by atoms with Crippen LogP contribution in [-0.4, -0.2) is 29.8 Å². The van der Waals surface area contributed by atoms with Gasteiger partial charge >= 0.3 is 0 Å². The molecule has 2 rings (SSSR count). The maximum absolute atomic E-state index is 11.4. The summed E-state index contributed by atoms with van der Waals surface area (Å²) < 4.78 is 27.8. The minimum atomic E-state index is -3.26. The minimum Gasteiger partial charge on any atom is -0.332 e. The van der Waals surface area contributed by atoms with Gasteiger partial charge in [0.15, 0.2) is 15.7 Å². The number of pyridine rings is 1. The molecule has 8 heteroatoms. The van der Waals surface area contributed by atoms with Gasteiger partial charge in [0, 0.05) is 19.0 Å². The van der Waals surface area contributed by atoms with Gasteiger partial charge in [-0.05, 0) is 18.6 Å². The van der Waals surface area contributed by atoms with E-state index in [1.54, 1.807) is 18.3 Å². The van der Waals surface area contributed by atoms with Crippen LogP contribution in [0.1, 0.15) is 23.6 Å². The van der Waals surface area contributed by atoms with E-state index in [2.05, 4.69) is 15.1 Å². The molecule has 2 heterocycles. The summed E-state index contributed by atoms with van der Waals surface area (Å²) in [5.41, 5.74) is 6.84. The van der Waals surface area contributed by atoms with Gasteiger partial charge in [0.2, 0.25) is 0 Å². The van der Waals surface area contributed by atoms with Crippen LogP contribution in [0.4, 0.5) is 0 Å². The zero-order valence-electron chi connectivity index (χ0n) is 10.6. The van der Waals surface area contributed by atoms with Gasteiger partial charge in [-0.3, -0.25) is 4.98 Å². The summed E-state index contributed by atoms with van der Waals surface area (Å²) in [5, 5.41) is 2.86. The van der Waals surface area contributed by atoms with Gasteiger partial charge < -0.3 is 10.3 Å². The third-order valence-electron chi connectivity index (χ3n) is 2.73. The highest BCUT2D eigenvalue weighted by atomic mass is 32.2. The summed E-state index contributed by atoms with van der Waals surface area (Å²) in [7, 11) is -3.26. The molecule has 0 aliphatic heterocycles. The lowest BCUT2D eigenvalue weighted by atomic mass is 10.2. The van der Waals surface area contributed by atoms with Crippen molar-refractivity contribution in [1.82, 2.24) is 15.1 Å². The lowest BCUT2D eigenvalue weighted by Crippen LogP contribution is -2.09. The van der Waals surface area contributed by atoms with Gasteiger partial charge in [-0.2, -0.15) is 4.98 Å². The van der Waals surface area contributed by atoms with Gasteiger partial charge in [-0.1, -0.05) is 11.2 Å². The van der Waals surface area contributed by atoms with Crippen molar-refractivity contribution in [2.24, 2.45) is 5.73 Å². The van der Waals surface area contributed by atoms with Gasteiger partial charge in [0.1, 0.15) is 10.9 Å². The van der Waals surface area contributed by atoms with E-state index in [4.69, 9.17) is 10.3 Å². The van der Waals surface area contributed by atoms with Crippen LogP contribution in [0.3, 0.4) is 0 Å². The Labute approximate surface area is 110 Å². The molecule has 0 spiro atoms. The predicted molar refractivity (Wildman–Crippen MR) is 68.7 cm³/mol. The zero-order valence-corrected chi connectivity index (χ0v) is 11.4. The molecule has 2 N–H and O–H groups in total. The van der Waals surface area contributed by atoms with Crippen LogP contribution in [-0.2, 0) is 16.4 Å². The largest absolute Gasteiger partial charge is 0.332 e. The van der Waals surface area contributed by atoms with E-state index in [1.165, 1.54) is 6.92 Å². The maximum Gasteiger partial charge on any atom is 0.276 e.